The van der Waals surface area contributed by atoms with Crippen molar-refractivity contribution in [3.05, 3.63) is 76.4 Å². The third-order valence-electron chi connectivity index (χ3n) is 11.8. The monoisotopic (exact) mass is 736 g/mol. The van der Waals surface area contributed by atoms with Crippen LogP contribution >= 0.6 is 11.3 Å². The topological polar surface area (TPSA) is 172 Å². The molecule has 2 heterocycles. The first kappa shape index (κ1) is 37.8. The molecule has 1 aliphatic heterocycles. The molecule has 0 amide bonds. The van der Waals surface area contributed by atoms with Crippen LogP contribution in [-0.2, 0) is 42.9 Å². The second-order valence-electron chi connectivity index (χ2n) is 15.1. The molecule has 1 unspecified atom stereocenters. The van der Waals surface area contributed by atoms with E-state index in [1.165, 1.54) is 18.3 Å². The van der Waals surface area contributed by atoms with Crippen LogP contribution in [0.4, 0.5) is 0 Å². The van der Waals surface area contributed by atoms with Crippen molar-refractivity contribution in [3.8, 4) is 0 Å². The fraction of sp³-hybridized carbons (Fsp3) is 0.538. The van der Waals surface area contributed by atoms with Crippen LogP contribution in [0.15, 0.2) is 59.0 Å². The quantitative estimate of drug-likeness (QED) is 0.226. The Morgan fingerprint density at radius 3 is 2.27 bits per heavy atom. The van der Waals surface area contributed by atoms with Crippen LogP contribution in [0.5, 0.6) is 0 Å². The Morgan fingerprint density at radius 2 is 1.69 bits per heavy atom. The Kier molecular flexibility index (Phi) is 9.82. The molecule has 12 nitrogen and oxygen atoms in total. The highest BCUT2D eigenvalue weighted by Crippen LogP contribution is 2.64. The number of aliphatic hydroxyl groups is 2. The lowest BCUT2D eigenvalue weighted by Crippen LogP contribution is -2.79. The van der Waals surface area contributed by atoms with Gasteiger partial charge in [-0.3, -0.25) is 14.4 Å². The summed E-state index contributed by atoms with van der Waals surface area (Å²) in [6, 6.07) is 11.5. The number of fused-ring (bicyclic) bond motifs is 5. The number of thiophene rings is 1. The highest BCUT2D eigenvalue weighted by Gasteiger charge is 2.76. The zero-order chi connectivity index (χ0) is 38.0. The number of hydrogen-bond donors (Lipinski definition) is 2. The molecule has 2 aromatic rings. The molecule has 278 valence electrons. The van der Waals surface area contributed by atoms with Gasteiger partial charge in [0.05, 0.1) is 18.1 Å². The van der Waals surface area contributed by atoms with E-state index in [-0.39, 0.29) is 37.0 Å². The lowest BCUT2D eigenvalue weighted by atomic mass is 9.45. The third-order valence-corrected chi connectivity index (χ3v) is 12.7. The Bertz CT molecular complexity index is 1780. The highest BCUT2D eigenvalue weighted by molar-refractivity contribution is 7.10. The van der Waals surface area contributed by atoms with Crippen LogP contribution in [0.25, 0.3) is 0 Å². The zero-order valence-corrected chi connectivity index (χ0v) is 30.8. The van der Waals surface area contributed by atoms with Gasteiger partial charge < -0.3 is 33.9 Å². The predicted molar refractivity (Wildman–Crippen MR) is 185 cm³/mol. The van der Waals surface area contributed by atoms with Crippen LogP contribution in [0.2, 0.25) is 0 Å². The molecule has 3 aliphatic carbocycles. The third kappa shape index (κ3) is 5.89. The highest BCUT2D eigenvalue weighted by atomic mass is 32.1. The van der Waals surface area contributed by atoms with E-state index in [0.717, 1.165) is 6.92 Å². The van der Waals surface area contributed by atoms with Crippen LogP contribution in [0.1, 0.15) is 82.0 Å². The number of rotatable bonds is 8. The summed E-state index contributed by atoms with van der Waals surface area (Å²) >= 11 is 1.25. The van der Waals surface area contributed by atoms with Gasteiger partial charge in [-0.15, -0.1) is 11.3 Å². The molecule has 2 radical (unpaired) electrons. The number of esters is 4. The van der Waals surface area contributed by atoms with Crippen molar-refractivity contribution in [2.75, 3.05) is 6.61 Å². The molecule has 6 rings (SSSR count). The van der Waals surface area contributed by atoms with E-state index in [9.17, 15) is 29.4 Å². The van der Waals surface area contributed by atoms with Crippen LogP contribution < -0.4 is 0 Å². The molecule has 13 heteroatoms. The maximum absolute atomic E-state index is 15.2. The molecule has 1 aromatic heterocycles. The van der Waals surface area contributed by atoms with E-state index < -0.39 is 94.0 Å². The maximum Gasteiger partial charge on any atom is 0.338 e. The van der Waals surface area contributed by atoms with Crippen LogP contribution in [0, 0.1) is 23.7 Å². The standard InChI is InChI=1S/C39H44O12S/c1-20-25(49-35(45)29(42)21(2)26-14-11-17-52-26)18-39(46)33(50-34(44)24-12-9-8-10-13-24)31-37(7,16-15-27-38(31,19-47-27)51-23(4)41)32(43)30(48-22(3)40)28(20)36(39,5)6/h2,8-14,17,21,25,27,29-31,33,42,46H,15-16,18-19H2,1,3-7H3/t21-,25?,27+,29+,30+,31-,33-,37+,38-,39+/m0/s1. The molecule has 2 saturated carbocycles. The van der Waals surface area contributed by atoms with Gasteiger partial charge >= 0.3 is 23.9 Å². The molecule has 52 heavy (non-hydrogen) atoms. The Labute approximate surface area is 306 Å². The molecule has 2 bridgehead atoms. The zero-order valence-electron chi connectivity index (χ0n) is 30.0. The SMILES string of the molecule is [CH][C@@H](c1cccs1)[C@@H](O)C(=O)OC1C[C@@]2(O)[C@@H](OC(=O)c3ccccc3)[C@@H]3[C@]4(OC(C)=O)CO[C@@H]4CC[C@@]3(C)C(=O)[C@H](OC(C)=O)C(=C1C)C2(C)C. The average molecular weight is 737 g/mol. The number of aliphatic hydroxyl groups excluding tert-OH is 1. The number of hydrogen-bond acceptors (Lipinski definition) is 13. The first-order valence-electron chi connectivity index (χ1n) is 17.3. The average Bonchev–Trinajstić information content (AvgIpc) is 3.62. The van der Waals surface area contributed by atoms with Crippen molar-refractivity contribution in [2.24, 2.45) is 16.7 Å². The van der Waals surface area contributed by atoms with Gasteiger partial charge in [-0.1, -0.05) is 45.0 Å². The van der Waals surface area contributed by atoms with Gasteiger partial charge in [0.15, 0.2) is 23.6 Å². The van der Waals surface area contributed by atoms with Crippen molar-refractivity contribution in [1.29, 1.82) is 0 Å². The second-order valence-corrected chi connectivity index (χ2v) is 16.1. The Hall–Kier alpha value is -3.91. The van der Waals surface area contributed by atoms with Gasteiger partial charge in [0, 0.05) is 41.9 Å². The number of ether oxygens (including phenoxy) is 5. The summed E-state index contributed by atoms with van der Waals surface area (Å²) < 4.78 is 30.2. The van der Waals surface area contributed by atoms with E-state index in [0.29, 0.717) is 10.5 Å². The summed E-state index contributed by atoms with van der Waals surface area (Å²) in [7, 11) is 0. The van der Waals surface area contributed by atoms with Gasteiger partial charge in [-0.25, -0.2) is 9.59 Å². The summed E-state index contributed by atoms with van der Waals surface area (Å²) in [5, 5.41) is 26.2. The molecule has 10 atom stereocenters. The summed E-state index contributed by atoms with van der Waals surface area (Å²) in [5.41, 5.74) is -6.12. The predicted octanol–water partition coefficient (Wildman–Crippen LogP) is 4.15. The second kappa shape index (κ2) is 13.5. The number of benzene rings is 1. The summed E-state index contributed by atoms with van der Waals surface area (Å²) in [4.78, 5) is 69.0. The molecule has 1 aromatic carbocycles. The molecule has 1 saturated heterocycles. The van der Waals surface area contributed by atoms with Gasteiger partial charge in [-0.05, 0) is 61.4 Å². The fourth-order valence-electron chi connectivity index (χ4n) is 9.03. The first-order valence-corrected chi connectivity index (χ1v) is 18.2. The minimum absolute atomic E-state index is 0.148. The minimum Gasteiger partial charge on any atom is -0.456 e. The van der Waals surface area contributed by atoms with Gasteiger partial charge in [0.2, 0.25) is 0 Å². The van der Waals surface area contributed by atoms with E-state index in [1.807, 2.05) is 0 Å². The number of carbonyl (C=O) groups excluding carboxylic acids is 5. The smallest absolute Gasteiger partial charge is 0.338 e. The van der Waals surface area contributed by atoms with Gasteiger partial charge in [-0.2, -0.15) is 0 Å². The van der Waals surface area contributed by atoms with Crippen molar-refractivity contribution >= 4 is 41.0 Å². The van der Waals surface area contributed by atoms with Crippen molar-refractivity contribution < 1.29 is 57.9 Å². The number of ketones is 1. The lowest BCUT2D eigenvalue weighted by Gasteiger charge is -2.66. The Balaban J connectivity index is 1.57. The molecule has 3 fully saturated rings. The van der Waals surface area contributed by atoms with Crippen molar-refractivity contribution in [2.45, 2.75) is 108 Å². The normalized spacial score (nSPS) is 34.6. The summed E-state index contributed by atoms with van der Waals surface area (Å²) in [6.45, 7) is 15.0. The number of Topliss-reactive ketones (excluding diaryl/α,β-unsaturated/α-hetero) is 1. The summed E-state index contributed by atoms with van der Waals surface area (Å²) in [5.74, 6) is -6.28. The molecule has 0 spiro atoms. The van der Waals surface area contributed by atoms with E-state index in [1.54, 1.807) is 75.5 Å². The lowest BCUT2D eigenvalue weighted by molar-refractivity contribution is -0.332. The van der Waals surface area contributed by atoms with Crippen LogP contribution in [0.3, 0.4) is 0 Å². The molecule has 2 N–H and O–H groups in total. The Morgan fingerprint density at radius 1 is 1.00 bits per heavy atom. The molecule has 4 aliphatic rings. The largest absolute Gasteiger partial charge is 0.456 e. The van der Waals surface area contributed by atoms with E-state index >= 15 is 4.79 Å². The van der Waals surface area contributed by atoms with Gasteiger partial charge in [0.1, 0.15) is 23.9 Å². The molecular formula is C39H44O12S. The molecular weight excluding hydrogens is 692 g/mol. The maximum atomic E-state index is 15.2. The van der Waals surface area contributed by atoms with Crippen molar-refractivity contribution in [3.63, 3.8) is 0 Å². The minimum atomic E-state index is -2.19. The summed E-state index contributed by atoms with van der Waals surface area (Å²) in [6.07, 6.45) is -6.95. The first-order chi connectivity index (χ1) is 24.4. The van der Waals surface area contributed by atoms with E-state index in [2.05, 4.69) is 0 Å². The van der Waals surface area contributed by atoms with Crippen LogP contribution in [-0.4, -0.2) is 88.2 Å². The van der Waals surface area contributed by atoms with Gasteiger partial charge in [0.25, 0.3) is 0 Å². The fourth-order valence-corrected chi connectivity index (χ4v) is 9.79. The van der Waals surface area contributed by atoms with E-state index in [4.69, 9.17) is 30.6 Å². The number of carbonyl (C=O) groups is 5. The van der Waals surface area contributed by atoms with Crippen molar-refractivity contribution in [1.82, 2.24) is 0 Å².